The van der Waals surface area contributed by atoms with E-state index in [1.54, 1.807) is 12.1 Å². The number of furan rings is 1. The van der Waals surface area contributed by atoms with Crippen molar-refractivity contribution in [1.29, 1.82) is 0 Å². The highest BCUT2D eigenvalue weighted by Gasteiger charge is 2.39. The molecule has 1 aromatic heterocycles. The first-order valence-electron chi connectivity index (χ1n) is 6.40. The number of amides is 2. The zero-order valence-corrected chi connectivity index (χ0v) is 11.8. The standard InChI is InChI=1S/C15H9NO7/c1-21-14(19)10-6-7-22-11(10)15(20)23-16-12(17)8-4-2-3-5-9(8)13(16)18/h2-7H,1H3. The van der Waals surface area contributed by atoms with E-state index in [2.05, 4.69) is 4.74 Å². The maximum atomic E-state index is 12.1. The molecule has 0 unspecified atom stereocenters. The molecule has 1 aromatic carbocycles. The van der Waals surface area contributed by atoms with Gasteiger partial charge in [-0.05, 0) is 18.2 Å². The molecular formula is C15H9NO7. The summed E-state index contributed by atoms with van der Waals surface area (Å²) in [5, 5.41) is 0.330. The minimum absolute atomic E-state index is 0.123. The molecule has 1 aliphatic heterocycles. The SMILES string of the molecule is COC(=O)c1ccoc1C(=O)ON1C(=O)c2ccccc2C1=O. The summed E-state index contributed by atoms with van der Waals surface area (Å²) >= 11 is 0. The fourth-order valence-corrected chi connectivity index (χ4v) is 2.11. The molecular weight excluding hydrogens is 306 g/mol. The van der Waals surface area contributed by atoms with Gasteiger partial charge in [-0.2, -0.15) is 0 Å². The van der Waals surface area contributed by atoms with E-state index in [1.165, 1.54) is 18.2 Å². The number of esters is 1. The Labute approximate surface area is 129 Å². The van der Waals surface area contributed by atoms with Gasteiger partial charge >= 0.3 is 11.9 Å². The number of methoxy groups -OCH3 is 1. The van der Waals surface area contributed by atoms with Crippen molar-refractivity contribution in [2.75, 3.05) is 7.11 Å². The van der Waals surface area contributed by atoms with Gasteiger partial charge in [0.2, 0.25) is 5.76 Å². The van der Waals surface area contributed by atoms with Crippen LogP contribution < -0.4 is 0 Å². The minimum Gasteiger partial charge on any atom is -0.465 e. The molecule has 116 valence electrons. The molecule has 0 saturated heterocycles. The van der Waals surface area contributed by atoms with Crippen molar-refractivity contribution in [3.05, 3.63) is 59.0 Å². The number of ether oxygens (including phenoxy) is 1. The van der Waals surface area contributed by atoms with Crippen LogP contribution in [0.1, 0.15) is 41.6 Å². The predicted molar refractivity (Wildman–Crippen MR) is 72.4 cm³/mol. The van der Waals surface area contributed by atoms with Gasteiger partial charge in [0.05, 0.1) is 24.5 Å². The number of fused-ring (bicyclic) bond motifs is 1. The Bertz CT molecular complexity index is 801. The van der Waals surface area contributed by atoms with Crippen molar-refractivity contribution in [1.82, 2.24) is 5.06 Å². The number of carbonyl (C=O) groups excluding carboxylic acids is 4. The minimum atomic E-state index is -1.16. The molecule has 23 heavy (non-hydrogen) atoms. The van der Waals surface area contributed by atoms with Crippen LogP contribution >= 0.6 is 0 Å². The van der Waals surface area contributed by atoms with Gasteiger partial charge in [0.1, 0.15) is 5.56 Å². The summed E-state index contributed by atoms with van der Waals surface area (Å²) in [5.74, 6) is -3.98. The van der Waals surface area contributed by atoms with Gasteiger partial charge in [-0.15, -0.1) is 0 Å². The lowest BCUT2D eigenvalue weighted by Crippen LogP contribution is -2.33. The van der Waals surface area contributed by atoms with E-state index in [4.69, 9.17) is 9.25 Å². The molecule has 8 nitrogen and oxygen atoms in total. The first-order chi connectivity index (χ1) is 11.0. The normalized spacial score (nSPS) is 13.0. The van der Waals surface area contributed by atoms with Crippen molar-refractivity contribution >= 4 is 23.8 Å². The predicted octanol–water partition coefficient (Wildman–Crippen LogP) is 1.43. The molecule has 8 heteroatoms. The van der Waals surface area contributed by atoms with Crippen LogP contribution in [0.25, 0.3) is 0 Å². The van der Waals surface area contributed by atoms with Crippen LogP contribution in [0, 0.1) is 0 Å². The van der Waals surface area contributed by atoms with Gasteiger partial charge in [0, 0.05) is 0 Å². The second-order valence-corrected chi connectivity index (χ2v) is 4.48. The number of hydroxylamine groups is 2. The lowest BCUT2D eigenvalue weighted by Gasteiger charge is -2.11. The second-order valence-electron chi connectivity index (χ2n) is 4.48. The van der Waals surface area contributed by atoms with Crippen LogP contribution in [-0.2, 0) is 9.57 Å². The number of hydrogen-bond donors (Lipinski definition) is 0. The molecule has 3 rings (SSSR count). The van der Waals surface area contributed by atoms with Crippen molar-refractivity contribution in [2.45, 2.75) is 0 Å². The van der Waals surface area contributed by atoms with E-state index in [1.807, 2.05) is 0 Å². The molecule has 0 aliphatic carbocycles. The molecule has 0 atom stereocenters. The van der Waals surface area contributed by atoms with E-state index in [-0.39, 0.29) is 16.7 Å². The lowest BCUT2D eigenvalue weighted by atomic mass is 10.1. The average molecular weight is 315 g/mol. The Balaban J connectivity index is 1.85. The Morgan fingerprint density at radius 2 is 1.61 bits per heavy atom. The average Bonchev–Trinajstić information content (AvgIpc) is 3.14. The van der Waals surface area contributed by atoms with Gasteiger partial charge < -0.3 is 14.0 Å². The number of carbonyl (C=O) groups is 4. The number of hydrogen-bond acceptors (Lipinski definition) is 7. The molecule has 0 saturated carbocycles. The Hall–Kier alpha value is -3.42. The van der Waals surface area contributed by atoms with Crippen LogP contribution in [0.4, 0.5) is 0 Å². The van der Waals surface area contributed by atoms with E-state index in [0.717, 1.165) is 13.4 Å². The lowest BCUT2D eigenvalue weighted by molar-refractivity contribution is -0.0604. The second kappa shape index (κ2) is 5.41. The number of benzene rings is 1. The van der Waals surface area contributed by atoms with Gasteiger partial charge in [0.25, 0.3) is 11.8 Å². The monoisotopic (exact) mass is 315 g/mol. The van der Waals surface area contributed by atoms with Gasteiger partial charge in [0.15, 0.2) is 0 Å². The van der Waals surface area contributed by atoms with E-state index in [9.17, 15) is 19.2 Å². The van der Waals surface area contributed by atoms with Gasteiger partial charge in [-0.1, -0.05) is 17.2 Å². The smallest absolute Gasteiger partial charge is 0.399 e. The van der Waals surface area contributed by atoms with Crippen LogP contribution in [0.5, 0.6) is 0 Å². The largest absolute Gasteiger partial charge is 0.465 e. The number of nitrogens with zero attached hydrogens (tertiary/aromatic N) is 1. The van der Waals surface area contributed by atoms with Crippen molar-refractivity contribution in [3.63, 3.8) is 0 Å². The summed E-state index contributed by atoms with van der Waals surface area (Å²) in [6.45, 7) is 0. The van der Waals surface area contributed by atoms with E-state index < -0.39 is 29.5 Å². The Kier molecular flexibility index (Phi) is 3.41. The Morgan fingerprint density at radius 1 is 1.00 bits per heavy atom. The fraction of sp³-hybridized carbons (Fsp3) is 0.0667. The van der Waals surface area contributed by atoms with Crippen molar-refractivity contribution in [2.24, 2.45) is 0 Å². The van der Waals surface area contributed by atoms with Crippen LogP contribution in [-0.4, -0.2) is 35.9 Å². The molecule has 0 N–H and O–H groups in total. The Morgan fingerprint density at radius 3 is 2.17 bits per heavy atom. The van der Waals surface area contributed by atoms with Crippen molar-refractivity contribution in [3.8, 4) is 0 Å². The summed E-state index contributed by atoms with van der Waals surface area (Å²) in [5.41, 5.74) is 0.0741. The maximum Gasteiger partial charge on any atom is 0.399 e. The third-order valence-corrected chi connectivity index (χ3v) is 3.19. The first-order valence-corrected chi connectivity index (χ1v) is 6.40. The van der Waals surface area contributed by atoms with E-state index in [0.29, 0.717) is 5.06 Å². The molecule has 0 radical (unpaired) electrons. The fourth-order valence-electron chi connectivity index (χ4n) is 2.11. The summed E-state index contributed by atoms with van der Waals surface area (Å²) in [7, 11) is 1.13. The van der Waals surface area contributed by atoms with Crippen molar-refractivity contribution < 1.29 is 33.2 Å². The summed E-state index contributed by atoms with van der Waals surface area (Å²) < 4.78 is 9.38. The quantitative estimate of drug-likeness (QED) is 0.623. The number of rotatable bonds is 3. The molecule has 0 fully saturated rings. The molecule has 0 bridgehead atoms. The van der Waals surface area contributed by atoms with Crippen LogP contribution in [0.3, 0.4) is 0 Å². The topological polar surface area (TPSA) is 103 Å². The summed E-state index contributed by atoms with van der Waals surface area (Å²) in [4.78, 5) is 52.6. The number of imide groups is 1. The zero-order valence-electron chi connectivity index (χ0n) is 11.8. The van der Waals surface area contributed by atoms with E-state index >= 15 is 0 Å². The van der Waals surface area contributed by atoms with Gasteiger partial charge in [-0.25, -0.2) is 9.59 Å². The summed E-state index contributed by atoms with van der Waals surface area (Å²) in [6, 6.07) is 7.26. The first kappa shape index (κ1) is 14.5. The molecule has 2 amide bonds. The highest BCUT2D eigenvalue weighted by molar-refractivity contribution is 6.21. The molecule has 1 aliphatic rings. The zero-order chi connectivity index (χ0) is 16.6. The summed E-state index contributed by atoms with van der Waals surface area (Å²) in [6.07, 6.45) is 1.09. The highest BCUT2D eigenvalue weighted by Crippen LogP contribution is 2.24. The van der Waals surface area contributed by atoms with Crippen LogP contribution in [0.2, 0.25) is 0 Å². The van der Waals surface area contributed by atoms with Crippen LogP contribution in [0.15, 0.2) is 41.0 Å². The molecule has 2 heterocycles. The molecule has 0 spiro atoms. The third kappa shape index (κ3) is 2.26. The molecule has 2 aromatic rings. The van der Waals surface area contributed by atoms with Gasteiger partial charge in [-0.3, -0.25) is 9.59 Å². The third-order valence-electron chi connectivity index (χ3n) is 3.19. The maximum absolute atomic E-state index is 12.1. The highest BCUT2D eigenvalue weighted by atomic mass is 16.7.